The summed E-state index contributed by atoms with van der Waals surface area (Å²) in [7, 11) is 0. The highest BCUT2D eigenvalue weighted by molar-refractivity contribution is 6.31. The maximum absolute atomic E-state index is 12.7. The predicted molar refractivity (Wildman–Crippen MR) is 108 cm³/mol. The van der Waals surface area contributed by atoms with Gasteiger partial charge in [0.2, 0.25) is 0 Å². The minimum Gasteiger partial charge on any atom is -0.378 e. The molecule has 0 saturated carbocycles. The van der Waals surface area contributed by atoms with Crippen LogP contribution in [0.5, 0.6) is 0 Å². The first-order valence-electron chi connectivity index (χ1n) is 9.12. The summed E-state index contributed by atoms with van der Waals surface area (Å²) in [5.74, 6) is -0.359. The number of hydrogen-bond acceptors (Lipinski definition) is 4. The largest absolute Gasteiger partial charge is 0.378 e. The molecule has 6 nitrogen and oxygen atoms in total. The normalized spacial score (nSPS) is 18.7. The molecule has 2 aromatic rings. The van der Waals surface area contributed by atoms with Crippen LogP contribution in [0.1, 0.15) is 11.1 Å². The third kappa shape index (κ3) is 3.88. The first-order chi connectivity index (χ1) is 13.6. The molecule has 2 fully saturated rings. The molecular weight excluding hydrogens is 378 g/mol. The van der Waals surface area contributed by atoms with Crippen molar-refractivity contribution < 1.29 is 14.3 Å². The van der Waals surface area contributed by atoms with Gasteiger partial charge in [-0.05, 0) is 35.4 Å². The molecule has 0 spiro atoms. The second-order valence-electron chi connectivity index (χ2n) is 6.66. The van der Waals surface area contributed by atoms with E-state index in [-0.39, 0.29) is 18.1 Å². The Labute approximate surface area is 168 Å². The van der Waals surface area contributed by atoms with Gasteiger partial charge in [0.15, 0.2) is 0 Å². The number of imide groups is 1. The lowest BCUT2D eigenvalue weighted by Gasteiger charge is -2.28. The molecule has 0 aliphatic carbocycles. The van der Waals surface area contributed by atoms with Crippen molar-refractivity contribution in [3.05, 3.63) is 70.4 Å². The Morgan fingerprint density at radius 3 is 2.46 bits per heavy atom. The van der Waals surface area contributed by atoms with E-state index in [1.807, 2.05) is 36.4 Å². The number of amides is 3. The van der Waals surface area contributed by atoms with Gasteiger partial charge in [-0.1, -0.05) is 41.9 Å². The molecule has 0 bridgehead atoms. The number of anilines is 1. The number of morpholine rings is 1. The average Bonchev–Trinajstić information content (AvgIpc) is 2.98. The number of rotatable bonds is 4. The van der Waals surface area contributed by atoms with Crippen molar-refractivity contribution in [2.75, 3.05) is 31.2 Å². The highest BCUT2D eigenvalue weighted by Crippen LogP contribution is 2.22. The number of benzene rings is 2. The maximum Gasteiger partial charge on any atom is 0.329 e. The number of halogens is 1. The molecule has 7 heteroatoms. The third-order valence-electron chi connectivity index (χ3n) is 4.83. The van der Waals surface area contributed by atoms with Crippen molar-refractivity contribution in [3.8, 4) is 0 Å². The highest BCUT2D eigenvalue weighted by atomic mass is 35.5. The van der Waals surface area contributed by atoms with E-state index in [0.717, 1.165) is 48.0 Å². The number of nitrogens with one attached hydrogen (secondary N) is 1. The van der Waals surface area contributed by atoms with Gasteiger partial charge >= 0.3 is 6.03 Å². The lowest BCUT2D eigenvalue weighted by molar-refractivity contribution is -0.123. The van der Waals surface area contributed by atoms with E-state index < -0.39 is 6.03 Å². The molecule has 2 aliphatic heterocycles. The summed E-state index contributed by atoms with van der Waals surface area (Å²) in [6.45, 7) is 3.33. The minimum absolute atomic E-state index is 0.137. The summed E-state index contributed by atoms with van der Waals surface area (Å²) >= 11 is 6.15. The van der Waals surface area contributed by atoms with Crippen molar-refractivity contribution in [1.82, 2.24) is 10.2 Å². The molecule has 3 amide bonds. The van der Waals surface area contributed by atoms with Crippen molar-refractivity contribution in [3.63, 3.8) is 0 Å². The fourth-order valence-electron chi connectivity index (χ4n) is 3.28. The van der Waals surface area contributed by atoms with Gasteiger partial charge in [-0.3, -0.25) is 9.69 Å². The van der Waals surface area contributed by atoms with Crippen LogP contribution in [0.15, 0.2) is 54.2 Å². The van der Waals surface area contributed by atoms with E-state index in [0.29, 0.717) is 5.02 Å². The Morgan fingerprint density at radius 1 is 1.04 bits per heavy atom. The molecule has 28 heavy (non-hydrogen) atoms. The first kappa shape index (κ1) is 18.5. The van der Waals surface area contributed by atoms with Crippen LogP contribution in [0.25, 0.3) is 6.08 Å². The van der Waals surface area contributed by atoms with Gasteiger partial charge in [-0.2, -0.15) is 0 Å². The Kier molecular flexibility index (Phi) is 5.32. The topological polar surface area (TPSA) is 61.9 Å². The highest BCUT2D eigenvalue weighted by Gasteiger charge is 2.33. The summed E-state index contributed by atoms with van der Waals surface area (Å²) in [5.41, 5.74) is 2.95. The number of nitrogens with zero attached hydrogens (tertiary/aromatic N) is 2. The van der Waals surface area contributed by atoms with Gasteiger partial charge in [-0.15, -0.1) is 0 Å². The van der Waals surface area contributed by atoms with Gasteiger partial charge in [0.1, 0.15) is 5.70 Å². The van der Waals surface area contributed by atoms with Crippen molar-refractivity contribution >= 4 is 35.3 Å². The molecule has 0 radical (unpaired) electrons. The molecule has 2 saturated heterocycles. The lowest BCUT2D eigenvalue weighted by Crippen LogP contribution is -2.36. The van der Waals surface area contributed by atoms with E-state index in [9.17, 15) is 9.59 Å². The zero-order valence-corrected chi connectivity index (χ0v) is 16.0. The summed E-state index contributed by atoms with van der Waals surface area (Å²) in [6, 6.07) is 14.6. The van der Waals surface area contributed by atoms with Gasteiger partial charge in [0.05, 0.1) is 19.8 Å². The zero-order valence-electron chi connectivity index (χ0n) is 15.2. The van der Waals surface area contributed by atoms with Crippen LogP contribution in [0.2, 0.25) is 5.02 Å². The molecule has 2 heterocycles. The molecule has 144 valence electrons. The van der Waals surface area contributed by atoms with Gasteiger partial charge in [-0.25, -0.2) is 4.79 Å². The average molecular weight is 398 g/mol. The van der Waals surface area contributed by atoms with Crippen molar-refractivity contribution in [2.24, 2.45) is 0 Å². The van der Waals surface area contributed by atoms with Crippen molar-refractivity contribution in [2.45, 2.75) is 6.54 Å². The third-order valence-corrected chi connectivity index (χ3v) is 5.20. The number of hydrogen-bond donors (Lipinski definition) is 1. The van der Waals surface area contributed by atoms with Crippen LogP contribution >= 0.6 is 11.6 Å². The Hall–Kier alpha value is -2.83. The van der Waals surface area contributed by atoms with Crippen LogP contribution in [0.4, 0.5) is 10.5 Å². The second-order valence-corrected chi connectivity index (χ2v) is 7.07. The SMILES string of the molecule is O=C1N/C(=C\c2ccc(N3CCOCC3)cc2)C(=O)N1Cc1ccccc1Cl. The molecule has 4 rings (SSSR count). The van der Waals surface area contributed by atoms with E-state index in [1.54, 1.807) is 18.2 Å². The minimum atomic E-state index is -0.443. The van der Waals surface area contributed by atoms with E-state index in [4.69, 9.17) is 16.3 Å². The van der Waals surface area contributed by atoms with E-state index >= 15 is 0 Å². The molecule has 0 aromatic heterocycles. The van der Waals surface area contributed by atoms with Crippen LogP contribution in [-0.4, -0.2) is 43.1 Å². The molecule has 0 unspecified atom stereocenters. The van der Waals surface area contributed by atoms with Gasteiger partial charge in [0.25, 0.3) is 5.91 Å². The smallest absolute Gasteiger partial charge is 0.329 e. The molecule has 1 N–H and O–H groups in total. The first-order valence-corrected chi connectivity index (χ1v) is 9.50. The quantitative estimate of drug-likeness (QED) is 0.635. The maximum atomic E-state index is 12.7. The Bertz CT molecular complexity index is 921. The Morgan fingerprint density at radius 2 is 1.75 bits per heavy atom. The molecule has 0 atom stereocenters. The van der Waals surface area contributed by atoms with Gasteiger partial charge in [0, 0.05) is 23.8 Å². The van der Waals surface area contributed by atoms with Crippen LogP contribution in [0, 0.1) is 0 Å². The lowest BCUT2D eigenvalue weighted by atomic mass is 10.1. The summed E-state index contributed by atoms with van der Waals surface area (Å²) in [6.07, 6.45) is 1.69. The molecule has 2 aliphatic rings. The van der Waals surface area contributed by atoms with Crippen LogP contribution < -0.4 is 10.2 Å². The Balaban J connectivity index is 1.48. The predicted octanol–water partition coefficient (Wildman–Crippen LogP) is 3.27. The van der Waals surface area contributed by atoms with E-state index in [1.165, 1.54) is 0 Å². The molecular formula is C21H20ClN3O3. The second kappa shape index (κ2) is 8.04. The number of ether oxygens (including phenoxy) is 1. The van der Waals surface area contributed by atoms with Crippen LogP contribution in [0.3, 0.4) is 0 Å². The zero-order chi connectivity index (χ0) is 19.5. The standard InChI is InChI=1S/C21H20ClN3O3/c22-18-4-2-1-3-16(18)14-25-20(26)19(23-21(25)27)13-15-5-7-17(8-6-15)24-9-11-28-12-10-24/h1-8,13H,9-12,14H2,(H,23,27)/b19-13-. The van der Waals surface area contributed by atoms with Crippen molar-refractivity contribution in [1.29, 1.82) is 0 Å². The number of urea groups is 1. The molecule has 2 aromatic carbocycles. The van der Waals surface area contributed by atoms with Crippen LogP contribution in [-0.2, 0) is 16.1 Å². The number of carbonyl (C=O) groups is 2. The van der Waals surface area contributed by atoms with E-state index in [2.05, 4.69) is 10.2 Å². The summed E-state index contributed by atoms with van der Waals surface area (Å²) in [4.78, 5) is 28.3. The van der Waals surface area contributed by atoms with Gasteiger partial charge < -0.3 is 15.0 Å². The summed E-state index contributed by atoms with van der Waals surface area (Å²) in [5, 5.41) is 3.18. The summed E-state index contributed by atoms with van der Waals surface area (Å²) < 4.78 is 5.37. The fourth-order valence-corrected chi connectivity index (χ4v) is 3.48. The fraction of sp³-hybridized carbons (Fsp3) is 0.238. The number of carbonyl (C=O) groups excluding carboxylic acids is 2. The monoisotopic (exact) mass is 397 g/mol.